The molecule has 0 heterocycles. The van der Waals surface area contributed by atoms with Gasteiger partial charge in [-0.15, -0.1) is 0 Å². The molecular weight excluding hydrogens is 301 g/mol. The van der Waals surface area contributed by atoms with Gasteiger partial charge in [0, 0.05) is 5.02 Å². The predicted octanol–water partition coefficient (Wildman–Crippen LogP) is 4.22. The molecule has 1 atom stereocenters. The van der Waals surface area contributed by atoms with Gasteiger partial charge in [0.05, 0.1) is 11.6 Å². The zero-order chi connectivity index (χ0) is 15.6. The molecule has 21 heavy (non-hydrogen) atoms. The average Bonchev–Trinajstić information content (AvgIpc) is 2.43. The molecule has 0 aliphatic carbocycles. The molecule has 2 aromatic carbocycles. The lowest BCUT2D eigenvalue weighted by Crippen LogP contribution is -2.30. The van der Waals surface area contributed by atoms with E-state index >= 15 is 0 Å². The largest absolute Gasteiger partial charge is 0.416 e. The van der Waals surface area contributed by atoms with Crippen molar-refractivity contribution in [3.05, 3.63) is 69.7 Å². The van der Waals surface area contributed by atoms with E-state index < -0.39 is 17.8 Å². The standard InChI is InChI=1S/C15H14ClF3N2/c1-9-6-7-10(8-13(9)16)14(21-20)11-4-2-3-5-12(11)15(17,18)19/h2-8,14,21H,20H2,1H3. The second-order valence-electron chi connectivity index (χ2n) is 4.69. The van der Waals surface area contributed by atoms with Crippen LogP contribution in [0.5, 0.6) is 0 Å². The van der Waals surface area contributed by atoms with Crippen molar-refractivity contribution < 1.29 is 13.2 Å². The molecule has 2 aromatic rings. The lowest BCUT2D eigenvalue weighted by molar-refractivity contribution is -0.138. The number of halogens is 4. The van der Waals surface area contributed by atoms with Crippen molar-refractivity contribution in [2.45, 2.75) is 19.1 Å². The summed E-state index contributed by atoms with van der Waals surface area (Å²) >= 11 is 6.04. The number of nitrogens with two attached hydrogens (primary N) is 1. The summed E-state index contributed by atoms with van der Waals surface area (Å²) < 4.78 is 39.3. The number of aryl methyl sites for hydroxylation is 1. The van der Waals surface area contributed by atoms with Gasteiger partial charge in [0.15, 0.2) is 0 Å². The summed E-state index contributed by atoms with van der Waals surface area (Å²) in [6.07, 6.45) is -4.44. The molecular formula is C15H14ClF3N2. The minimum absolute atomic E-state index is 0.0624. The number of benzene rings is 2. The number of hydrogen-bond acceptors (Lipinski definition) is 2. The third-order valence-corrected chi connectivity index (χ3v) is 3.68. The molecule has 0 aliphatic rings. The van der Waals surface area contributed by atoms with E-state index in [-0.39, 0.29) is 5.56 Å². The second-order valence-corrected chi connectivity index (χ2v) is 5.10. The Morgan fingerprint density at radius 1 is 1.14 bits per heavy atom. The first kappa shape index (κ1) is 15.8. The number of alkyl halides is 3. The summed E-state index contributed by atoms with van der Waals surface area (Å²) in [4.78, 5) is 0. The Labute approximate surface area is 125 Å². The first-order valence-electron chi connectivity index (χ1n) is 6.23. The van der Waals surface area contributed by atoms with Crippen molar-refractivity contribution in [3.8, 4) is 0 Å². The van der Waals surface area contributed by atoms with Crippen molar-refractivity contribution >= 4 is 11.6 Å². The summed E-state index contributed by atoms with van der Waals surface area (Å²) in [7, 11) is 0. The Morgan fingerprint density at radius 2 is 1.81 bits per heavy atom. The van der Waals surface area contributed by atoms with Gasteiger partial charge < -0.3 is 0 Å². The molecule has 0 radical (unpaired) electrons. The van der Waals surface area contributed by atoms with E-state index in [1.807, 2.05) is 6.92 Å². The van der Waals surface area contributed by atoms with Crippen LogP contribution in [0.3, 0.4) is 0 Å². The smallest absolute Gasteiger partial charge is 0.271 e. The zero-order valence-corrected chi connectivity index (χ0v) is 12.0. The summed E-state index contributed by atoms with van der Waals surface area (Å²) in [5, 5.41) is 0.484. The Hall–Kier alpha value is -1.56. The summed E-state index contributed by atoms with van der Waals surface area (Å²) in [6, 6.07) is 9.62. The molecule has 6 heteroatoms. The molecule has 2 nitrogen and oxygen atoms in total. The SMILES string of the molecule is Cc1ccc(C(NN)c2ccccc2C(F)(F)F)cc1Cl. The topological polar surface area (TPSA) is 38.0 Å². The van der Waals surface area contributed by atoms with Crippen molar-refractivity contribution in [1.29, 1.82) is 0 Å². The average molecular weight is 315 g/mol. The molecule has 3 N–H and O–H groups in total. The van der Waals surface area contributed by atoms with Gasteiger partial charge in [-0.25, -0.2) is 5.43 Å². The Bertz CT molecular complexity index is 641. The summed E-state index contributed by atoms with van der Waals surface area (Å²) in [5.74, 6) is 5.48. The quantitative estimate of drug-likeness (QED) is 0.657. The third kappa shape index (κ3) is 3.37. The second kappa shape index (κ2) is 6.05. The maximum absolute atomic E-state index is 13.1. The Balaban J connectivity index is 2.54. The predicted molar refractivity (Wildman–Crippen MR) is 76.8 cm³/mol. The van der Waals surface area contributed by atoms with Crippen molar-refractivity contribution in [1.82, 2.24) is 5.43 Å². The van der Waals surface area contributed by atoms with Gasteiger partial charge in [0.25, 0.3) is 0 Å². The molecule has 0 aliphatic heterocycles. The fourth-order valence-electron chi connectivity index (χ4n) is 2.16. The lowest BCUT2D eigenvalue weighted by atomic mass is 9.94. The molecule has 0 aromatic heterocycles. The summed E-state index contributed by atoms with van der Waals surface area (Å²) in [5.41, 5.74) is 3.20. The van der Waals surface area contributed by atoms with Crippen LogP contribution < -0.4 is 11.3 Å². The van der Waals surface area contributed by atoms with Gasteiger partial charge in [0.1, 0.15) is 0 Å². The number of rotatable bonds is 3. The van der Waals surface area contributed by atoms with E-state index in [1.54, 1.807) is 24.3 Å². The lowest BCUT2D eigenvalue weighted by Gasteiger charge is -2.22. The van der Waals surface area contributed by atoms with Crippen LogP contribution in [0.15, 0.2) is 42.5 Å². The molecule has 0 fully saturated rings. The van der Waals surface area contributed by atoms with Gasteiger partial charge in [-0.3, -0.25) is 5.84 Å². The highest BCUT2D eigenvalue weighted by Crippen LogP contribution is 2.36. The highest BCUT2D eigenvalue weighted by molar-refractivity contribution is 6.31. The van der Waals surface area contributed by atoms with Gasteiger partial charge in [-0.05, 0) is 35.7 Å². The van der Waals surface area contributed by atoms with Crippen molar-refractivity contribution in [3.63, 3.8) is 0 Å². The Morgan fingerprint density at radius 3 is 2.38 bits per heavy atom. The van der Waals surface area contributed by atoms with Crippen LogP contribution in [0.2, 0.25) is 5.02 Å². The van der Waals surface area contributed by atoms with Crippen LogP contribution in [-0.4, -0.2) is 0 Å². The highest BCUT2D eigenvalue weighted by Gasteiger charge is 2.35. The van der Waals surface area contributed by atoms with Gasteiger partial charge in [0.2, 0.25) is 0 Å². The third-order valence-electron chi connectivity index (χ3n) is 3.27. The maximum atomic E-state index is 13.1. The number of hydrogen-bond donors (Lipinski definition) is 2. The van der Waals surface area contributed by atoms with Gasteiger partial charge in [-0.2, -0.15) is 13.2 Å². The molecule has 0 amide bonds. The molecule has 112 valence electrons. The van der Waals surface area contributed by atoms with Gasteiger partial charge in [-0.1, -0.05) is 41.9 Å². The van der Waals surface area contributed by atoms with Crippen LogP contribution in [0.4, 0.5) is 13.2 Å². The number of hydrazine groups is 1. The highest BCUT2D eigenvalue weighted by atomic mass is 35.5. The first-order valence-corrected chi connectivity index (χ1v) is 6.60. The van der Waals surface area contributed by atoms with Crippen LogP contribution in [0, 0.1) is 6.92 Å². The van der Waals surface area contributed by atoms with E-state index in [9.17, 15) is 13.2 Å². The minimum atomic E-state index is -4.44. The molecule has 0 saturated heterocycles. The molecule has 0 spiro atoms. The van der Waals surface area contributed by atoms with E-state index in [0.717, 1.165) is 11.6 Å². The summed E-state index contributed by atoms with van der Waals surface area (Å²) in [6.45, 7) is 1.82. The van der Waals surface area contributed by atoms with Crippen LogP contribution >= 0.6 is 11.6 Å². The Kier molecular flexibility index (Phi) is 4.56. The normalized spacial score (nSPS) is 13.2. The first-order chi connectivity index (χ1) is 9.84. The number of nitrogens with one attached hydrogen (secondary N) is 1. The monoisotopic (exact) mass is 314 g/mol. The van der Waals surface area contributed by atoms with Gasteiger partial charge >= 0.3 is 6.18 Å². The van der Waals surface area contributed by atoms with Crippen molar-refractivity contribution in [2.24, 2.45) is 5.84 Å². The van der Waals surface area contributed by atoms with E-state index in [2.05, 4.69) is 5.43 Å². The molecule has 2 rings (SSSR count). The van der Waals surface area contributed by atoms with Crippen LogP contribution in [-0.2, 0) is 6.18 Å². The van der Waals surface area contributed by atoms with Crippen LogP contribution in [0.1, 0.15) is 28.3 Å². The fourth-order valence-corrected chi connectivity index (χ4v) is 2.35. The van der Waals surface area contributed by atoms with Crippen LogP contribution in [0.25, 0.3) is 0 Å². The zero-order valence-electron chi connectivity index (χ0n) is 11.2. The van der Waals surface area contributed by atoms with E-state index in [4.69, 9.17) is 17.4 Å². The molecule has 0 saturated carbocycles. The van der Waals surface area contributed by atoms with E-state index in [0.29, 0.717) is 10.6 Å². The molecule has 1 unspecified atom stereocenters. The molecule has 0 bridgehead atoms. The minimum Gasteiger partial charge on any atom is -0.271 e. The maximum Gasteiger partial charge on any atom is 0.416 e. The fraction of sp³-hybridized carbons (Fsp3) is 0.200. The van der Waals surface area contributed by atoms with Crippen molar-refractivity contribution in [2.75, 3.05) is 0 Å². The van der Waals surface area contributed by atoms with E-state index in [1.165, 1.54) is 12.1 Å².